The van der Waals surface area contributed by atoms with Crippen LogP contribution in [0, 0.1) is 10.8 Å². The summed E-state index contributed by atoms with van der Waals surface area (Å²) in [6.07, 6.45) is 7.36. The topological polar surface area (TPSA) is 46.3 Å². The second kappa shape index (κ2) is 7.44. The van der Waals surface area contributed by atoms with Crippen molar-refractivity contribution in [3.8, 4) is 0 Å². The predicted molar refractivity (Wildman–Crippen MR) is 85.5 cm³/mol. The van der Waals surface area contributed by atoms with Crippen LogP contribution in [-0.2, 0) is 4.79 Å². The predicted octanol–water partition coefficient (Wildman–Crippen LogP) is 3.57. The zero-order valence-corrected chi connectivity index (χ0v) is 14.0. The minimum Gasteiger partial charge on any atom is -0.342 e. The molecule has 0 spiro atoms. The van der Waals surface area contributed by atoms with Gasteiger partial charge in [0, 0.05) is 19.6 Å². The number of carbonyl (C=O) groups excluding carboxylic acids is 1. The molecule has 1 aliphatic rings. The van der Waals surface area contributed by atoms with E-state index in [0.717, 1.165) is 51.6 Å². The molecule has 0 aliphatic carbocycles. The third-order valence-electron chi connectivity index (χ3n) is 4.93. The molecular formula is C17H34N2O. The Balaban J connectivity index is 2.83. The SMILES string of the molecule is CCCC(CN)(CCC)C(=O)N1CCCC(C)(C)CC1. The van der Waals surface area contributed by atoms with Crippen molar-refractivity contribution < 1.29 is 4.79 Å². The Morgan fingerprint density at radius 2 is 1.75 bits per heavy atom. The number of carbonyl (C=O) groups is 1. The second-order valence-corrected chi connectivity index (χ2v) is 7.29. The molecule has 118 valence electrons. The van der Waals surface area contributed by atoms with Crippen molar-refractivity contribution in [1.29, 1.82) is 0 Å². The van der Waals surface area contributed by atoms with Crippen LogP contribution in [0.5, 0.6) is 0 Å². The molecule has 1 aliphatic heterocycles. The monoisotopic (exact) mass is 282 g/mol. The molecule has 1 amide bonds. The lowest BCUT2D eigenvalue weighted by Gasteiger charge is -2.36. The van der Waals surface area contributed by atoms with Gasteiger partial charge < -0.3 is 10.6 Å². The highest BCUT2D eigenvalue weighted by molar-refractivity contribution is 5.83. The molecule has 0 saturated carbocycles. The van der Waals surface area contributed by atoms with Crippen LogP contribution < -0.4 is 5.73 Å². The summed E-state index contributed by atoms with van der Waals surface area (Å²) in [6.45, 7) is 11.2. The molecule has 0 aromatic carbocycles. The molecule has 1 saturated heterocycles. The second-order valence-electron chi connectivity index (χ2n) is 7.29. The van der Waals surface area contributed by atoms with E-state index in [1.165, 1.54) is 6.42 Å². The maximum atomic E-state index is 13.0. The molecule has 0 unspecified atom stereocenters. The first kappa shape index (κ1) is 17.5. The summed E-state index contributed by atoms with van der Waals surface area (Å²) in [7, 11) is 0. The number of amides is 1. The first-order valence-corrected chi connectivity index (χ1v) is 8.40. The molecule has 3 heteroatoms. The zero-order valence-electron chi connectivity index (χ0n) is 14.0. The first-order valence-electron chi connectivity index (χ1n) is 8.40. The van der Waals surface area contributed by atoms with Crippen molar-refractivity contribution in [2.75, 3.05) is 19.6 Å². The van der Waals surface area contributed by atoms with Crippen molar-refractivity contribution in [3.05, 3.63) is 0 Å². The van der Waals surface area contributed by atoms with Crippen LogP contribution in [-0.4, -0.2) is 30.4 Å². The number of hydrogen-bond donors (Lipinski definition) is 1. The van der Waals surface area contributed by atoms with E-state index in [0.29, 0.717) is 17.9 Å². The molecule has 0 bridgehead atoms. The molecule has 1 heterocycles. The van der Waals surface area contributed by atoms with E-state index in [1.54, 1.807) is 0 Å². The van der Waals surface area contributed by atoms with E-state index < -0.39 is 0 Å². The van der Waals surface area contributed by atoms with E-state index in [1.807, 2.05) is 0 Å². The highest BCUT2D eigenvalue weighted by atomic mass is 16.2. The van der Waals surface area contributed by atoms with Crippen LogP contribution in [0.2, 0.25) is 0 Å². The molecule has 1 rings (SSSR count). The van der Waals surface area contributed by atoms with Crippen molar-refractivity contribution >= 4 is 5.91 Å². The minimum atomic E-state index is -0.308. The normalized spacial score (nSPS) is 19.8. The van der Waals surface area contributed by atoms with E-state index in [2.05, 4.69) is 32.6 Å². The van der Waals surface area contributed by atoms with Crippen LogP contribution in [0.3, 0.4) is 0 Å². The van der Waals surface area contributed by atoms with Crippen molar-refractivity contribution in [2.45, 2.75) is 72.6 Å². The molecule has 3 nitrogen and oxygen atoms in total. The number of rotatable bonds is 6. The lowest BCUT2D eigenvalue weighted by Crippen LogP contribution is -2.48. The fraction of sp³-hybridized carbons (Fsp3) is 0.941. The minimum absolute atomic E-state index is 0.308. The Hall–Kier alpha value is -0.570. The average Bonchev–Trinajstić information content (AvgIpc) is 2.58. The lowest BCUT2D eigenvalue weighted by atomic mass is 9.77. The summed E-state index contributed by atoms with van der Waals surface area (Å²) < 4.78 is 0. The van der Waals surface area contributed by atoms with Gasteiger partial charge in [-0.1, -0.05) is 40.5 Å². The van der Waals surface area contributed by atoms with Crippen molar-refractivity contribution in [1.82, 2.24) is 4.90 Å². The van der Waals surface area contributed by atoms with Crippen LogP contribution in [0.4, 0.5) is 0 Å². The molecule has 0 atom stereocenters. The zero-order chi connectivity index (χ0) is 15.2. The van der Waals surface area contributed by atoms with Gasteiger partial charge in [0.15, 0.2) is 0 Å². The van der Waals surface area contributed by atoms with Crippen molar-refractivity contribution in [2.24, 2.45) is 16.6 Å². The number of hydrogen-bond acceptors (Lipinski definition) is 2. The van der Waals surface area contributed by atoms with Gasteiger partial charge in [-0.3, -0.25) is 4.79 Å². The molecular weight excluding hydrogens is 248 g/mol. The Labute approximate surface area is 125 Å². The van der Waals surface area contributed by atoms with Crippen LogP contribution in [0.1, 0.15) is 72.6 Å². The van der Waals surface area contributed by atoms with Gasteiger partial charge in [0.25, 0.3) is 0 Å². The highest BCUT2D eigenvalue weighted by Crippen LogP contribution is 2.35. The smallest absolute Gasteiger partial charge is 0.230 e. The quantitative estimate of drug-likeness (QED) is 0.809. The molecule has 20 heavy (non-hydrogen) atoms. The lowest BCUT2D eigenvalue weighted by molar-refractivity contribution is -0.142. The van der Waals surface area contributed by atoms with Crippen LogP contribution in [0.25, 0.3) is 0 Å². The Kier molecular flexibility index (Phi) is 6.50. The summed E-state index contributed by atoms with van der Waals surface area (Å²) in [5, 5.41) is 0. The van der Waals surface area contributed by atoms with Gasteiger partial charge >= 0.3 is 0 Å². The van der Waals surface area contributed by atoms with Gasteiger partial charge in [0.2, 0.25) is 5.91 Å². The molecule has 0 radical (unpaired) electrons. The molecule has 0 aromatic heterocycles. The summed E-state index contributed by atoms with van der Waals surface area (Å²) >= 11 is 0. The number of likely N-dealkylation sites (tertiary alicyclic amines) is 1. The summed E-state index contributed by atoms with van der Waals surface area (Å²) in [5.41, 5.74) is 6.10. The third-order valence-corrected chi connectivity index (χ3v) is 4.93. The number of nitrogens with two attached hydrogens (primary N) is 1. The Morgan fingerprint density at radius 3 is 2.25 bits per heavy atom. The van der Waals surface area contributed by atoms with Gasteiger partial charge in [0.05, 0.1) is 5.41 Å². The molecule has 0 aromatic rings. The maximum Gasteiger partial charge on any atom is 0.230 e. The van der Waals surface area contributed by atoms with E-state index >= 15 is 0 Å². The fourth-order valence-electron chi connectivity index (χ4n) is 3.55. The average molecular weight is 282 g/mol. The first-order chi connectivity index (χ1) is 9.40. The standard InChI is InChI=1S/C17H34N2O/c1-5-8-17(14-18,9-6-2)15(20)19-12-7-10-16(3,4)11-13-19/h5-14,18H2,1-4H3. The Bertz CT molecular complexity index is 306. The number of nitrogens with zero attached hydrogens (tertiary/aromatic N) is 1. The van der Waals surface area contributed by atoms with Crippen molar-refractivity contribution in [3.63, 3.8) is 0 Å². The molecule has 2 N–H and O–H groups in total. The van der Waals surface area contributed by atoms with Gasteiger partial charge in [-0.15, -0.1) is 0 Å². The van der Waals surface area contributed by atoms with Gasteiger partial charge in [-0.2, -0.15) is 0 Å². The van der Waals surface area contributed by atoms with E-state index in [4.69, 9.17) is 5.73 Å². The summed E-state index contributed by atoms with van der Waals surface area (Å²) in [5.74, 6) is 0.321. The highest BCUT2D eigenvalue weighted by Gasteiger charge is 2.39. The van der Waals surface area contributed by atoms with Gasteiger partial charge in [0.1, 0.15) is 0 Å². The van der Waals surface area contributed by atoms with Gasteiger partial charge in [-0.25, -0.2) is 0 Å². The van der Waals surface area contributed by atoms with E-state index in [-0.39, 0.29) is 5.41 Å². The van der Waals surface area contributed by atoms with Gasteiger partial charge in [-0.05, 0) is 37.5 Å². The molecule has 1 fully saturated rings. The summed E-state index contributed by atoms with van der Waals surface area (Å²) in [6, 6.07) is 0. The van der Waals surface area contributed by atoms with E-state index in [9.17, 15) is 4.79 Å². The third kappa shape index (κ3) is 4.21. The largest absolute Gasteiger partial charge is 0.342 e. The fourth-order valence-corrected chi connectivity index (χ4v) is 3.55. The van der Waals surface area contributed by atoms with Crippen LogP contribution in [0.15, 0.2) is 0 Å². The van der Waals surface area contributed by atoms with Crippen LogP contribution >= 0.6 is 0 Å². The maximum absolute atomic E-state index is 13.0. The Morgan fingerprint density at radius 1 is 1.15 bits per heavy atom. The summed E-state index contributed by atoms with van der Waals surface area (Å²) in [4.78, 5) is 15.1.